The van der Waals surface area contributed by atoms with Crippen molar-refractivity contribution in [3.05, 3.63) is 59.9 Å². The number of hydrogen-bond acceptors (Lipinski definition) is 2. The molecule has 2 atom stereocenters. The predicted molar refractivity (Wildman–Crippen MR) is 78.2 cm³/mol. The first-order valence-electron chi connectivity index (χ1n) is 6.99. The molecule has 2 aromatic rings. The van der Waals surface area contributed by atoms with Crippen molar-refractivity contribution < 1.29 is 4.79 Å². The number of amides is 1. The van der Waals surface area contributed by atoms with E-state index in [1.165, 1.54) is 5.56 Å². The van der Waals surface area contributed by atoms with Crippen LogP contribution in [-0.2, 0) is 11.3 Å². The quantitative estimate of drug-likeness (QED) is 0.790. The number of hydrogen-bond donors (Lipinski definition) is 3. The van der Waals surface area contributed by atoms with Gasteiger partial charge in [0.15, 0.2) is 0 Å². The number of rotatable bonds is 4. The third-order valence-corrected chi connectivity index (χ3v) is 3.91. The van der Waals surface area contributed by atoms with Crippen LogP contribution in [-0.4, -0.2) is 24.0 Å². The molecule has 0 spiro atoms. The van der Waals surface area contributed by atoms with E-state index in [1.54, 1.807) is 0 Å². The van der Waals surface area contributed by atoms with Crippen LogP contribution in [0.1, 0.15) is 17.0 Å². The van der Waals surface area contributed by atoms with Crippen LogP contribution in [0.25, 0.3) is 0 Å². The molecule has 0 saturated carbocycles. The van der Waals surface area contributed by atoms with Crippen LogP contribution < -0.4 is 10.6 Å². The minimum absolute atomic E-state index is 0.0105. The molecule has 1 amide bonds. The summed E-state index contributed by atoms with van der Waals surface area (Å²) in [5, 5.41) is 6.36. The van der Waals surface area contributed by atoms with Gasteiger partial charge in [0.2, 0.25) is 5.91 Å². The fourth-order valence-electron chi connectivity index (χ4n) is 2.79. The average Bonchev–Trinajstić information content (AvgIpc) is 3.17. The molecular formula is C16H19N3O. The molecule has 20 heavy (non-hydrogen) atoms. The highest BCUT2D eigenvalue weighted by atomic mass is 16.1. The lowest BCUT2D eigenvalue weighted by Crippen LogP contribution is -2.33. The van der Waals surface area contributed by atoms with E-state index in [0.717, 1.165) is 18.7 Å². The number of aromatic nitrogens is 1. The summed E-state index contributed by atoms with van der Waals surface area (Å²) in [4.78, 5) is 15.4. The van der Waals surface area contributed by atoms with Crippen LogP contribution in [0.5, 0.6) is 0 Å². The van der Waals surface area contributed by atoms with Gasteiger partial charge >= 0.3 is 0 Å². The predicted octanol–water partition coefficient (Wildman–Crippen LogP) is 1.63. The average molecular weight is 269 g/mol. The number of H-pyrrole nitrogens is 1. The first-order chi connectivity index (χ1) is 9.84. The Kier molecular flexibility index (Phi) is 3.83. The standard InChI is InChI=1S/C16H19N3O/c20-16(19-9-12-6-7-17-8-12)15-11-18-10-14(15)13-4-2-1-3-5-13/h1-8,14-15,17-18H,9-11H2,(H,19,20)/t14-,15+/m1/s1. The Morgan fingerprint density at radius 3 is 2.80 bits per heavy atom. The number of nitrogens with one attached hydrogen (secondary N) is 3. The summed E-state index contributed by atoms with van der Waals surface area (Å²) in [5.74, 6) is 0.406. The number of aromatic amines is 1. The molecule has 1 aromatic heterocycles. The third-order valence-electron chi connectivity index (χ3n) is 3.91. The molecule has 4 nitrogen and oxygen atoms in total. The second-order valence-corrected chi connectivity index (χ2v) is 5.22. The molecule has 104 valence electrons. The van der Waals surface area contributed by atoms with Crippen LogP contribution in [0.3, 0.4) is 0 Å². The summed E-state index contributed by atoms with van der Waals surface area (Å²) < 4.78 is 0. The van der Waals surface area contributed by atoms with Gasteiger partial charge in [-0.2, -0.15) is 0 Å². The molecule has 2 heterocycles. The van der Waals surface area contributed by atoms with Crippen LogP contribution in [0.15, 0.2) is 48.8 Å². The molecule has 0 unspecified atom stereocenters. The van der Waals surface area contributed by atoms with E-state index in [4.69, 9.17) is 0 Å². The SMILES string of the molecule is O=C(NCc1cc[nH]c1)[C@H]1CNC[C@@H]1c1ccccc1. The van der Waals surface area contributed by atoms with E-state index in [2.05, 4.69) is 27.8 Å². The fraction of sp³-hybridized carbons (Fsp3) is 0.312. The summed E-state index contributed by atoms with van der Waals surface area (Å²) in [6, 6.07) is 12.2. The number of carbonyl (C=O) groups excluding carboxylic acids is 1. The van der Waals surface area contributed by atoms with Gasteiger partial charge in [0.1, 0.15) is 0 Å². The molecule has 1 aliphatic rings. The monoisotopic (exact) mass is 269 g/mol. The van der Waals surface area contributed by atoms with E-state index in [-0.39, 0.29) is 17.7 Å². The van der Waals surface area contributed by atoms with Crippen LogP contribution >= 0.6 is 0 Å². The molecule has 0 bridgehead atoms. The fourth-order valence-corrected chi connectivity index (χ4v) is 2.79. The van der Waals surface area contributed by atoms with Gasteiger partial charge in [-0.25, -0.2) is 0 Å². The van der Waals surface area contributed by atoms with E-state index in [0.29, 0.717) is 6.54 Å². The first kappa shape index (κ1) is 12.9. The van der Waals surface area contributed by atoms with Crippen LogP contribution in [0.4, 0.5) is 0 Å². The van der Waals surface area contributed by atoms with Gasteiger partial charge < -0.3 is 15.6 Å². The lowest BCUT2D eigenvalue weighted by atomic mass is 9.88. The summed E-state index contributed by atoms with van der Waals surface area (Å²) in [5.41, 5.74) is 2.33. The molecule has 1 saturated heterocycles. The summed E-state index contributed by atoms with van der Waals surface area (Å²) in [7, 11) is 0. The number of carbonyl (C=O) groups is 1. The zero-order chi connectivity index (χ0) is 13.8. The summed E-state index contributed by atoms with van der Waals surface area (Å²) >= 11 is 0. The van der Waals surface area contributed by atoms with Gasteiger partial charge in [-0.1, -0.05) is 30.3 Å². The van der Waals surface area contributed by atoms with Gasteiger partial charge in [0, 0.05) is 37.9 Å². The number of benzene rings is 1. The largest absolute Gasteiger partial charge is 0.367 e. The maximum atomic E-state index is 12.4. The van der Waals surface area contributed by atoms with E-state index in [9.17, 15) is 4.79 Å². The van der Waals surface area contributed by atoms with E-state index >= 15 is 0 Å². The minimum atomic E-state index is 0.0105. The molecule has 1 aliphatic heterocycles. The Morgan fingerprint density at radius 1 is 1.20 bits per heavy atom. The summed E-state index contributed by atoms with van der Waals surface area (Å²) in [6.45, 7) is 2.20. The Hall–Kier alpha value is -2.07. The van der Waals surface area contributed by atoms with Crippen molar-refractivity contribution in [2.75, 3.05) is 13.1 Å². The molecule has 1 aromatic carbocycles. The highest BCUT2D eigenvalue weighted by Crippen LogP contribution is 2.28. The van der Waals surface area contributed by atoms with Crippen molar-refractivity contribution >= 4 is 5.91 Å². The first-order valence-corrected chi connectivity index (χ1v) is 6.99. The Bertz CT molecular complexity index is 550. The van der Waals surface area contributed by atoms with Gasteiger partial charge in [-0.3, -0.25) is 4.79 Å². The van der Waals surface area contributed by atoms with Gasteiger partial charge in [0.25, 0.3) is 0 Å². The lowest BCUT2D eigenvalue weighted by Gasteiger charge is -2.18. The zero-order valence-corrected chi connectivity index (χ0v) is 11.3. The summed E-state index contributed by atoms with van der Waals surface area (Å²) in [6.07, 6.45) is 3.77. The molecule has 3 N–H and O–H groups in total. The van der Waals surface area contributed by atoms with E-state index < -0.39 is 0 Å². The van der Waals surface area contributed by atoms with Gasteiger partial charge in [-0.15, -0.1) is 0 Å². The van der Waals surface area contributed by atoms with Gasteiger partial charge in [-0.05, 0) is 17.2 Å². The molecule has 0 radical (unpaired) electrons. The molecular weight excluding hydrogens is 250 g/mol. The molecule has 0 aliphatic carbocycles. The van der Waals surface area contributed by atoms with Crippen LogP contribution in [0, 0.1) is 5.92 Å². The van der Waals surface area contributed by atoms with E-state index in [1.807, 2.05) is 36.7 Å². The smallest absolute Gasteiger partial charge is 0.225 e. The lowest BCUT2D eigenvalue weighted by molar-refractivity contribution is -0.125. The van der Waals surface area contributed by atoms with Crippen molar-refractivity contribution in [3.8, 4) is 0 Å². The van der Waals surface area contributed by atoms with Crippen molar-refractivity contribution in [1.29, 1.82) is 0 Å². The van der Waals surface area contributed by atoms with Crippen molar-refractivity contribution in [3.63, 3.8) is 0 Å². The maximum Gasteiger partial charge on any atom is 0.225 e. The van der Waals surface area contributed by atoms with Crippen molar-refractivity contribution in [1.82, 2.24) is 15.6 Å². The maximum absolute atomic E-state index is 12.4. The molecule has 1 fully saturated rings. The zero-order valence-electron chi connectivity index (χ0n) is 11.3. The van der Waals surface area contributed by atoms with Crippen LogP contribution in [0.2, 0.25) is 0 Å². The van der Waals surface area contributed by atoms with Crippen molar-refractivity contribution in [2.24, 2.45) is 5.92 Å². The van der Waals surface area contributed by atoms with Crippen molar-refractivity contribution in [2.45, 2.75) is 12.5 Å². The minimum Gasteiger partial charge on any atom is -0.367 e. The normalized spacial score (nSPS) is 21.8. The molecule has 3 rings (SSSR count). The highest BCUT2D eigenvalue weighted by molar-refractivity contribution is 5.80. The Labute approximate surface area is 118 Å². The second-order valence-electron chi connectivity index (χ2n) is 5.22. The Balaban J connectivity index is 1.64. The highest BCUT2D eigenvalue weighted by Gasteiger charge is 2.33. The third kappa shape index (κ3) is 2.75. The van der Waals surface area contributed by atoms with Gasteiger partial charge in [0.05, 0.1) is 5.92 Å². The second kappa shape index (κ2) is 5.92. The molecule has 4 heteroatoms. The Morgan fingerprint density at radius 2 is 2.05 bits per heavy atom. The topological polar surface area (TPSA) is 56.9 Å².